The van der Waals surface area contributed by atoms with Gasteiger partial charge in [0, 0.05) is 44.2 Å². The van der Waals surface area contributed by atoms with Gasteiger partial charge in [-0.3, -0.25) is 4.98 Å². The number of nitrogens with one attached hydrogen (secondary N) is 1. The second kappa shape index (κ2) is 10.7. The summed E-state index contributed by atoms with van der Waals surface area (Å²) in [5, 5.41) is 6.75. The molecule has 12 heteroatoms. The lowest BCUT2D eigenvalue weighted by molar-refractivity contribution is 0.0716. The van der Waals surface area contributed by atoms with Crippen LogP contribution >= 0.6 is 11.6 Å². The molecule has 0 aromatic carbocycles. The van der Waals surface area contributed by atoms with Crippen LogP contribution in [-0.2, 0) is 11.3 Å². The van der Waals surface area contributed by atoms with Crippen molar-refractivity contribution in [2.45, 2.75) is 71.1 Å². The second-order valence-corrected chi connectivity index (χ2v) is 11.4. The van der Waals surface area contributed by atoms with E-state index in [0.29, 0.717) is 22.3 Å². The molecule has 2 fully saturated rings. The topological polar surface area (TPSA) is 128 Å². The molecule has 4 aromatic rings. The quantitative estimate of drug-likeness (QED) is 0.361. The molecule has 1 aliphatic carbocycles. The summed E-state index contributed by atoms with van der Waals surface area (Å²) in [4.78, 5) is 33.1. The van der Waals surface area contributed by atoms with E-state index in [1.165, 1.54) is 25.7 Å². The molecular formula is C27H33ClN8O3. The molecule has 206 valence electrons. The molecule has 0 unspecified atom stereocenters. The fourth-order valence-corrected chi connectivity index (χ4v) is 6.16. The lowest BCUT2D eigenvalue weighted by atomic mass is 9.83. The molecule has 0 radical (unpaired) electrons. The number of piperidine rings is 1. The van der Waals surface area contributed by atoms with Crippen LogP contribution < -0.4 is 10.7 Å². The molecule has 2 aliphatic rings. The summed E-state index contributed by atoms with van der Waals surface area (Å²) in [6.07, 6.45) is 10.2. The first-order valence-electron chi connectivity index (χ1n) is 13.6. The lowest BCUT2D eigenvalue weighted by Gasteiger charge is -2.38. The zero-order valence-electron chi connectivity index (χ0n) is 22.4. The smallest absolute Gasteiger partial charge is 0.384 e. The third kappa shape index (κ3) is 5.17. The first kappa shape index (κ1) is 25.9. The van der Waals surface area contributed by atoms with Gasteiger partial charge in [-0.15, -0.1) is 5.10 Å². The Bertz CT molecular complexity index is 1520. The number of H-pyrrole nitrogens is 1. The van der Waals surface area contributed by atoms with Crippen LogP contribution in [0.25, 0.3) is 34.1 Å². The molecule has 1 aliphatic heterocycles. The first-order valence-corrected chi connectivity index (χ1v) is 14.0. The number of anilines is 1. The highest BCUT2D eigenvalue weighted by molar-refractivity contribution is 6.30. The van der Waals surface area contributed by atoms with Gasteiger partial charge in [0.15, 0.2) is 5.65 Å². The van der Waals surface area contributed by atoms with Crippen molar-refractivity contribution in [2.75, 3.05) is 18.6 Å². The Morgan fingerprint density at radius 3 is 2.64 bits per heavy atom. The summed E-state index contributed by atoms with van der Waals surface area (Å²) in [5.41, 5.74) is 2.68. The van der Waals surface area contributed by atoms with Crippen molar-refractivity contribution >= 4 is 28.7 Å². The third-order valence-electron chi connectivity index (χ3n) is 8.19. The molecule has 4 aromatic heterocycles. The number of rotatable bonds is 6. The normalized spacial score (nSPS) is 23.9. The maximum absolute atomic E-state index is 11.7. The van der Waals surface area contributed by atoms with E-state index >= 15 is 0 Å². The number of aromatic nitrogens is 7. The Hall–Kier alpha value is -3.31. The molecule has 0 spiro atoms. The number of aromatic amines is 1. The maximum Gasteiger partial charge on any atom is 0.434 e. The SMILES string of the molecule is CO[C@@H]1CCN(c2nc3nc(-c4n[nH]c(=O)o4)nc(-c4cncc(Cl)c4)c3n2C[C@H]2CC[C@H](C)CC2)[C@@H](C)C1. The number of nitrogens with zero attached hydrogens (tertiary/aromatic N) is 7. The first-order chi connectivity index (χ1) is 18.9. The van der Waals surface area contributed by atoms with Gasteiger partial charge in [0.05, 0.1) is 11.1 Å². The average Bonchev–Trinajstić information content (AvgIpc) is 3.53. The summed E-state index contributed by atoms with van der Waals surface area (Å²) >= 11 is 6.36. The molecule has 6 rings (SSSR count). The van der Waals surface area contributed by atoms with Crippen LogP contribution in [0.3, 0.4) is 0 Å². The van der Waals surface area contributed by atoms with Crippen LogP contribution in [0.4, 0.5) is 5.95 Å². The Balaban J connectivity index is 1.55. The van der Waals surface area contributed by atoms with Gasteiger partial charge in [0.25, 0.3) is 5.89 Å². The summed E-state index contributed by atoms with van der Waals surface area (Å²) in [6, 6.07) is 2.06. The molecule has 1 saturated heterocycles. The number of hydrogen-bond donors (Lipinski definition) is 1. The third-order valence-corrected chi connectivity index (χ3v) is 8.39. The highest BCUT2D eigenvalue weighted by Crippen LogP contribution is 2.37. The molecule has 2 atom stereocenters. The highest BCUT2D eigenvalue weighted by atomic mass is 35.5. The van der Waals surface area contributed by atoms with E-state index in [2.05, 4.69) is 38.5 Å². The molecule has 11 nitrogen and oxygen atoms in total. The van der Waals surface area contributed by atoms with Crippen molar-refractivity contribution in [3.8, 4) is 23.0 Å². The van der Waals surface area contributed by atoms with Gasteiger partial charge >= 0.3 is 5.76 Å². The maximum atomic E-state index is 11.7. The van der Waals surface area contributed by atoms with Gasteiger partial charge in [-0.05, 0) is 50.5 Å². The number of halogens is 1. The molecule has 0 amide bonds. The van der Waals surface area contributed by atoms with E-state index in [-0.39, 0.29) is 23.9 Å². The van der Waals surface area contributed by atoms with Gasteiger partial charge < -0.3 is 18.6 Å². The van der Waals surface area contributed by atoms with E-state index in [1.54, 1.807) is 19.5 Å². The van der Waals surface area contributed by atoms with Crippen molar-refractivity contribution in [3.05, 3.63) is 34.0 Å². The minimum Gasteiger partial charge on any atom is -0.384 e. The predicted molar refractivity (Wildman–Crippen MR) is 148 cm³/mol. The fraction of sp³-hybridized carbons (Fsp3) is 0.556. The standard InChI is InChI=1S/C27H33ClN8O3/c1-15-4-6-17(7-5-15)14-36-22-21(18-11-19(28)13-29-12-18)30-24(25-33-34-27(37)39-25)31-23(22)32-26(36)35-9-8-20(38-3)10-16(35)2/h11-13,15-17,20H,4-10,14H2,1-3H3,(H,34,37)/t15-,16-,17-,20+/m0/s1. The molecule has 1 saturated carbocycles. The van der Waals surface area contributed by atoms with Gasteiger partial charge in [-0.25, -0.2) is 19.9 Å². The number of pyridine rings is 1. The Morgan fingerprint density at radius 2 is 1.95 bits per heavy atom. The van der Waals surface area contributed by atoms with E-state index < -0.39 is 5.76 Å². The minimum absolute atomic E-state index is 0.00443. The number of ether oxygens (including phenoxy) is 1. The predicted octanol–water partition coefficient (Wildman–Crippen LogP) is 4.72. The zero-order valence-corrected chi connectivity index (χ0v) is 23.2. The summed E-state index contributed by atoms with van der Waals surface area (Å²) in [6.45, 7) is 6.20. The van der Waals surface area contributed by atoms with Gasteiger partial charge in [0.1, 0.15) is 11.2 Å². The van der Waals surface area contributed by atoms with E-state index in [1.807, 2.05) is 6.07 Å². The van der Waals surface area contributed by atoms with Gasteiger partial charge in [-0.2, -0.15) is 4.98 Å². The van der Waals surface area contributed by atoms with Crippen LogP contribution in [0.5, 0.6) is 0 Å². The average molecular weight is 553 g/mol. The van der Waals surface area contributed by atoms with Crippen LogP contribution in [0.15, 0.2) is 27.7 Å². The van der Waals surface area contributed by atoms with Crippen molar-refractivity contribution in [3.63, 3.8) is 0 Å². The van der Waals surface area contributed by atoms with Gasteiger partial charge in [-0.1, -0.05) is 31.4 Å². The van der Waals surface area contributed by atoms with Crippen LogP contribution in [0, 0.1) is 11.8 Å². The van der Waals surface area contributed by atoms with E-state index in [4.69, 9.17) is 35.7 Å². The van der Waals surface area contributed by atoms with Crippen LogP contribution in [0.1, 0.15) is 52.4 Å². The van der Waals surface area contributed by atoms with E-state index in [0.717, 1.165) is 48.9 Å². The van der Waals surface area contributed by atoms with Crippen LogP contribution in [-0.4, -0.2) is 60.5 Å². The number of imidazole rings is 1. The summed E-state index contributed by atoms with van der Waals surface area (Å²) in [5.74, 6) is 1.66. The van der Waals surface area contributed by atoms with Crippen molar-refractivity contribution < 1.29 is 9.15 Å². The summed E-state index contributed by atoms with van der Waals surface area (Å²) < 4.78 is 13.2. The van der Waals surface area contributed by atoms with E-state index in [9.17, 15) is 4.79 Å². The molecule has 5 heterocycles. The number of hydrogen-bond acceptors (Lipinski definition) is 9. The van der Waals surface area contributed by atoms with Gasteiger partial charge in [0.2, 0.25) is 11.8 Å². The fourth-order valence-electron chi connectivity index (χ4n) is 5.99. The van der Waals surface area contributed by atoms with Crippen molar-refractivity contribution in [2.24, 2.45) is 11.8 Å². The number of fused-ring (bicyclic) bond motifs is 1. The molecular weight excluding hydrogens is 520 g/mol. The zero-order chi connectivity index (χ0) is 27.1. The van der Waals surface area contributed by atoms with Crippen LogP contribution in [0.2, 0.25) is 5.02 Å². The Kier molecular flexibility index (Phi) is 7.11. The monoisotopic (exact) mass is 552 g/mol. The van der Waals surface area contributed by atoms with Crippen molar-refractivity contribution in [1.82, 2.24) is 34.7 Å². The number of methoxy groups -OCH3 is 1. The summed E-state index contributed by atoms with van der Waals surface area (Å²) in [7, 11) is 1.78. The minimum atomic E-state index is -0.674. The van der Waals surface area contributed by atoms with Crippen molar-refractivity contribution in [1.29, 1.82) is 0 Å². The highest BCUT2D eigenvalue weighted by Gasteiger charge is 2.32. The Labute approximate surface area is 231 Å². The Morgan fingerprint density at radius 1 is 1.13 bits per heavy atom. The second-order valence-electron chi connectivity index (χ2n) is 11.0. The largest absolute Gasteiger partial charge is 0.434 e. The molecule has 1 N–H and O–H groups in total. The lowest BCUT2D eigenvalue weighted by Crippen LogP contribution is -2.44. The molecule has 39 heavy (non-hydrogen) atoms. The molecule has 0 bridgehead atoms.